The standard InChI is InChI=1S/C80H147N2O7P/c1-7-10-13-16-19-22-25-28-30-32-34-36-38-40-41-43-44-46-48-50-52-54-57-60-63-66-69-72-79(83)81-77(76-88-90(85,86)87-75-74-82(4,5)6)78(71-68-65-62-59-56-27-24-21-18-15-12-9-3)89-80(84)73-70-67-64-61-58-55-53-51-49-47-45-42-39-37-35-33-31-29-26-23-20-17-14-11-8-2/h10,13,19,22,28,30,34,36,40-41,44,46,68,71,77-78H,7-9,11-12,14-18,20-21,23-27,29,31-33,35,37-39,42-43,45,47-67,69-70,72-76H2,1-6H3,(H-,81,83,85,86)/b13-10-,22-19-,30-28-,36-34-,41-40-,46-44-,71-68+. The lowest BCUT2D eigenvalue weighted by atomic mass is 10.0. The Labute approximate surface area is 558 Å². The SMILES string of the molecule is CC/C=C\C/C=C\C/C=C\C/C=C\C/C=C\C/C=C\CCCCCCCCCCC(=O)NC(COP(=O)([O-])OCC[N+](C)(C)C)C(/C=C/CCCCCCCCCCCC)OC(=O)CCCCCCCCCCCCCCCCCCCCCCCCCCC. The number of esters is 1. The van der Waals surface area contributed by atoms with E-state index in [4.69, 9.17) is 13.8 Å². The van der Waals surface area contributed by atoms with E-state index in [0.717, 1.165) is 109 Å². The maximum Gasteiger partial charge on any atom is 0.306 e. The summed E-state index contributed by atoms with van der Waals surface area (Å²) in [6.07, 6.45) is 92.9. The van der Waals surface area contributed by atoms with Crippen molar-refractivity contribution in [3.05, 3.63) is 85.1 Å². The molecule has 3 unspecified atom stereocenters. The van der Waals surface area contributed by atoms with E-state index >= 15 is 0 Å². The Balaban J connectivity index is 4.99. The molecule has 3 atom stereocenters. The summed E-state index contributed by atoms with van der Waals surface area (Å²) in [7, 11) is 1.18. The minimum atomic E-state index is -4.71. The lowest BCUT2D eigenvalue weighted by Crippen LogP contribution is -2.47. The van der Waals surface area contributed by atoms with Gasteiger partial charge in [-0.3, -0.25) is 14.2 Å². The van der Waals surface area contributed by atoms with Gasteiger partial charge < -0.3 is 28.5 Å². The van der Waals surface area contributed by atoms with Crippen molar-refractivity contribution in [3.63, 3.8) is 0 Å². The zero-order chi connectivity index (χ0) is 65.6. The zero-order valence-corrected chi connectivity index (χ0v) is 61.0. The van der Waals surface area contributed by atoms with E-state index in [9.17, 15) is 19.0 Å². The molecule has 0 aliphatic heterocycles. The van der Waals surface area contributed by atoms with Crippen LogP contribution in [0.3, 0.4) is 0 Å². The number of amides is 1. The molecule has 0 rings (SSSR count). The van der Waals surface area contributed by atoms with Gasteiger partial charge >= 0.3 is 5.97 Å². The van der Waals surface area contributed by atoms with Crippen LogP contribution in [0.2, 0.25) is 0 Å². The minimum absolute atomic E-state index is 0.0254. The molecule has 524 valence electrons. The molecule has 9 nitrogen and oxygen atoms in total. The number of nitrogens with zero attached hydrogens (tertiary/aromatic N) is 1. The molecular formula is C80H147N2O7P. The molecule has 10 heteroatoms. The van der Waals surface area contributed by atoms with Crippen LogP contribution in [0.25, 0.3) is 0 Å². The average Bonchev–Trinajstić information content (AvgIpc) is 3.04. The maximum atomic E-state index is 13.6. The Kier molecular flexibility index (Phi) is 66.9. The van der Waals surface area contributed by atoms with Crippen molar-refractivity contribution in [3.8, 4) is 0 Å². The van der Waals surface area contributed by atoms with Gasteiger partial charge in [0.25, 0.3) is 7.82 Å². The number of nitrogens with one attached hydrogen (secondary N) is 1. The Morgan fingerprint density at radius 2 is 0.711 bits per heavy atom. The van der Waals surface area contributed by atoms with E-state index < -0.39 is 26.6 Å². The topological polar surface area (TPSA) is 114 Å². The van der Waals surface area contributed by atoms with Crippen LogP contribution in [-0.2, 0) is 27.9 Å². The van der Waals surface area contributed by atoms with E-state index in [0.29, 0.717) is 17.4 Å². The third-order valence-corrected chi connectivity index (χ3v) is 18.1. The molecule has 1 amide bonds. The Morgan fingerprint density at radius 3 is 1.07 bits per heavy atom. The van der Waals surface area contributed by atoms with E-state index in [-0.39, 0.29) is 24.9 Å². The minimum Gasteiger partial charge on any atom is -0.756 e. The van der Waals surface area contributed by atoms with Gasteiger partial charge in [-0.15, -0.1) is 0 Å². The van der Waals surface area contributed by atoms with Crippen LogP contribution < -0.4 is 10.2 Å². The molecule has 0 aromatic carbocycles. The first kappa shape index (κ1) is 87.2. The smallest absolute Gasteiger partial charge is 0.306 e. The number of ether oxygens (including phenoxy) is 1. The molecule has 0 aliphatic carbocycles. The van der Waals surface area contributed by atoms with E-state index in [1.54, 1.807) is 0 Å². The molecule has 0 aliphatic rings. The average molecular weight is 1280 g/mol. The zero-order valence-electron chi connectivity index (χ0n) is 60.1. The number of phosphoric acid groups is 1. The number of phosphoric ester groups is 1. The second-order valence-corrected chi connectivity index (χ2v) is 28.5. The normalized spacial score (nSPS) is 13.9. The lowest BCUT2D eigenvalue weighted by molar-refractivity contribution is -0.870. The fraction of sp³-hybridized carbons (Fsp3) is 0.800. The highest BCUT2D eigenvalue weighted by molar-refractivity contribution is 7.45. The Bertz CT molecular complexity index is 1810. The van der Waals surface area contributed by atoms with Crippen molar-refractivity contribution in [2.45, 2.75) is 373 Å². The van der Waals surface area contributed by atoms with Gasteiger partial charge in [0.05, 0.1) is 33.8 Å². The molecule has 0 radical (unpaired) electrons. The first-order chi connectivity index (χ1) is 43.9. The third kappa shape index (κ3) is 69.5. The lowest BCUT2D eigenvalue weighted by Gasteiger charge is -2.30. The van der Waals surface area contributed by atoms with Gasteiger partial charge in [-0.2, -0.15) is 0 Å². The third-order valence-electron chi connectivity index (χ3n) is 17.1. The number of carbonyl (C=O) groups is 2. The van der Waals surface area contributed by atoms with Gasteiger partial charge in [0, 0.05) is 12.8 Å². The monoisotopic (exact) mass is 1280 g/mol. The number of rotatable bonds is 70. The number of hydrogen-bond acceptors (Lipinski definition) is 7. The molecular weight excluding hydrogens is 1130 g/mol. The molecule has 0 saturated carbocycles. The van der Waals surface area contributed by atoms with Gasteiger partial charge in [0.2, 0.25) is 5.91 Å². The van der Waals surface area contributed by atoms with Gasteiger partial charge in [-0.25, -0.2) is 0 Å². The number of likely N-dealkylation sites (N-methyl/N-ethyl adjacent to an activating group) is 1. The number of unbranched alkanes of at least 4 members (excludes halogenated alkanes) is 42. The first-order valence-corrected chi connectivity index (χ1v) is 39.9. The Morgan fingerprint density at radius 1 is 0.400 bits per heavy atom. The second-order valence-electron chi connectivity index (χ2n) is 27.1. The van der Waals surface area contributed by atoms with E-state index in [1.807, 2.05) is 33.3 Å². The van der Waals surface area contributed by atoms with Crippen LogP contribution in [0.15, 0.2) is 85.1 Å². The van der Waals surface area contributed by atoms with Crippen LogP contribution in [0, 0.1) is 0 Å². The Hall–Kier alpha value is -2.81. The highest BCUT2D eigenvalue weighted by atomic mass is 31.2. The molecule has 0 aromatic rings. The van der Waals surface area contributed by atoms with Gasteiger partial charge in [0.1, 0.15) is 19.3 Å². The van der Waals surface area contributed by atoms with Crippen LogP contribution >= 0.6 is 7.82 Å². The molecule has 0 aromatic heterocycles. The predicted octanol–water partition coefficient (Wildman–Crippen LogP) is 24.2. The highest BCUT2D eigenvalue weighted by Crippen LogP contribution is 2.38. The molecule has 0 fully saturated rings. The van der Waals surface area contributed by atoms with Crippen molar-refractivity contribution in [1.82, 2.24) is 5.32 Å². The number of hydrogen-bond donors (Lipinski definition) is 1. The summed E-state index contributed by atoms with van der Waals surface area (Å²) in [5.74, 6) is -0.538. The summed E-state index contributed by atoms with van der Waals surface area (Å²) >= 11 is 0. The summed E-state index contributed by atoms with van der Waals surface area (Å²) in [4.78, 5) is 40.3. The largest absolute Gasteiger partial charge is 0.756 e. The molecule has 0 heterocycles. The van der Waals surface area contributed by atoms with Crippen molar-refractivity contribution >= 4 is 19.7 Å². The maximum absolute atomic E-state index is 13.6. The van der Waals surface area contributed by atoms with Crippen molar-refractivity contribution in [1.29, 1.82) is 0 Å². The molecule has 0 bridgehead atoms. The molecule has 0 saturated heterocycles. The van der Waals surface area contributed by atoms with Gasteiger partial charge in [0.15, 0.2) is 0 Å². The summed E-state index contributed by atoms with van der Waals surface area (Å²) in [5, 5.41) is 3.05. The molecule has 0 spiro atoms. The summed E-state index contributed by atoms with van der Waals surface area (Å²) in [5.41, 5.74) is 0. The van der Waals surface area contributed by atoms with Crippen molar-refractivity contribution in [2.75, 3.05) is 40.9 Å². The highest BCUT2D eigenvalue weighted by Gasteiger charge is 2.27. The van der Waals surface area contributed by atoms with E-state index in [2.05, 4.69) is 99.0 Å². The van der Waals surface area contributed by atoms with Crippen LogP contribution in [-0.4, -0.2) is 69.4 Å². The number of quaternary nitrogens is 1. The van der Waals surface area contributed by atoms with E-state index in [1.165, 1.54) is 218 Å². The number of allylic oxidation sites excluding steroid dienone is 13. The van der Waals surface area contributed by atoms with Crippen LogP contribution in [0.4, 0.5) is 0 Å². The first-order valence-electron chi connectivity index (χ1n) is 38.4. The summed E-state index contributed by atoms with van der Waals surface area (Å²) < 4.78 is 30.5. The summed E-state index contributed by atoms with van der Waals surface area (Å²) in [6.45, 7) is 6.77. The summed E-state index contributed by atoms with van der Waals surface area (Å²) in [6, 6.07) is -0.897. The van der Waals surface area contributed by atoms with Crippen molar-refractivity contribution < 1.29 is 37.3 Å². The fourth-order valence-electron chi connectivity index (χ4n) is 11.2. The van der Waals surface area contributed by atoms with Crippen LogP contribution in [0.5, 0.6) is 0 Å². The van der Waals surface area contributed by atoms with Gasteiger partial charge in [-0.1, -0.05) is 350 Å². The van der Waals surface area contributed by atoms with Gasteiger partial charge in [-0.05, 0) is 83.1 Å². The second kappa shape index (κ2) is 69.0. The quantitative estimate of drug-likeness (QED) is 0.0212. The number of carbonyl (C=O) groups excluding carboxylic acids is 2. The molecule has 1 N–H and O–H groups in total. The molecule has 90 heavy (non-hydrogen) atoms. The van der Waals surface area contributed by atoms with Crippen molar-refractivity contribution in [2.24, 2.45) is 0 Å². The van der Waals surface area contributed by atoms with Crippen LogP contribution in [0.1, 0.15) is 361 Å². The fourth-order valence-corrected chi connectivity index (χ4v) is 12.0. The predicted molar refractivity (Wildman–Crippen MR) is 390 cm³/mol.